The van der Waals surface area contributed by atoms with Crippen molar-refractivity contribution in [2.45, 2.75) is 19.4 Å². The minimum atomic E-state index is -0.148. The van der Waals surface area contributed by atoms with E-state index in [1.54, 1.807) is 13.2 Å². The number of ether oxygens (including phenoxy) is 1. The monoisotopic (exact) mass is 273 g/mol. The lowest BCUT2D eigenvalue weighted by molar-refractivity contribution is 0.409. The van der Waals surface area contributed by atoms with Crippen molar-refractivity contribution < 1.29 is 9.13 Å². The molecule has 0 amide bonds. The van der Waals surface area contributed by atoms with E-state index in [-0.39, 0.29) is 5.82 Å². The predicted molar refractivity (Wildman–Crippen MR) is 79.4 cm³/mol. The largest absolute Gasteiger partial charge is 0.496 e. The Balaban J connectivity index is 1.73. The molecule has 0 aliphatic carbocycles. The number of para-hydroxylation sites is 1. The zero-order valence-corrected chi connectivity index (χ0v) is 11.7. The van der Waals surface area contributed by atoms with Crippen molar-refractivity contribution in [1.29, 1.82) is 0 Å². The first-order valence-corrected chi connectivity index (χ1v) is 6.87. The van der Waals surface area contributed by atoms with Crippen molar-refractivity contribution >= 4 is 0 Å². The van der Waals surface area contributed by atoms with Crippen LogP contribution in [0.1, 0.15) is 17.5 Å². The molecule has 0 radical (unpaired) electrons. The highest BCUT2D eigenvalue weighted by atomic mass is 19.1. The molecule has 0 bridgehead atoms. The molecule has 0 unspecified atom stereocenters. The second-order valence-corrected chi connectivity index (χ2v) is 4.68. The van der Waals surface area contributed by atoms with E-state index in [1.807, 2.05) is 30.3 Å². The molecule has 3 heteroatoms. The van der Waals surface area contributed by atoms with Crippen molar-refractivity contribution in [3.05, 3.63) is 65.5 Å². The van der Waals surface area contributed by atoms with Gasteiger partial charge < -0.3 is 10.1 Å². The molecule has 2 aromatic rings. The van der Waals surface area contributed by atoms with Crippen LogP contribution in [0.3, 0.4) is 0 Å². The number of methoxy groups -OCH3 is 1. The van der Waals surface area contributed by atoms with Crippen LogP contribution in [0.4, 0.5) is 4.39 Å². The number of hydrogen-bond donors (Lipinski definition) is 1. The predicted octanol–water partition coefficient (Wildman–Crippen LogP) is 3.56. The molecular weight excluding hydrogens is 253 g/mol. The fourth-order valence-electron chi connectivity index (χ4n) is 2.18. The Morgan fingerprint density at radius 2 is 1.70 bits per heavy atom. The minimum Gasteiger partial charge on any atom is -0.496 e. The molecule has 0 aliphatic rings. The van der Waals surface area contributed by atoms with Gasteiger partial charge in [0, 0.05) is 12.1 Å². The van der Waals surface area contributed by atoms with Gasteiger partial charge in [0.1, 0.15) is 11.6 Å². The summed E-state index contributed by atoms with van der Waals surface area (Å²) in [6.07, 6.45) is 1.95. The summed E-state index contributed by atoms with van der Waals surface area (Å²) < 4.78 is 18.7. The van der Waals surface area contributed by atoms with Crippen LogP contribution in [-0.2, 0) is 13.0 Å². The summed E-state index contributed by atoms with van der Waals surface area (Å²) in [6, 6.07) is 14.9. The van der Waals surface area contributed by atoms with Crippen molar-refractivity contribution in [1.82, 2.24) is 5.32 Å². The van der Waals surface area contributed by atoms with Gasteiger partial charge in [-0.1, -0.05) is 36.4 Å². The van der Waals surface area contributed by atoms with Crippen molar-refractivity contribution in [3.63, 3.8) is 0 Å². The summed E-state index contributed by atoms with van der Waals surface area (Å²) in [4.78, 5) is 0. The Bertz CT molecular complexity index is 542. The Hall–Kier alpha value is -1.87. The van der Waals surface area contributed by atoms with E-state index in [9.17, 15) is 4.39 Å². The molecule has 106 valence electrons. The molecule has 0 spiro atoms. The minimum absolute atomic E-state index is 0.148. The Kier molecular flexibility index (Phi) is 5.56. The molecule has 0 aromatic heterocycles. The molecule has 0 fully saturated rings. The maximum absolute atomic E-state index is 13.4. The molecule has 20 heavy (non-hydrogen) atoms. The summed E-state index contributed by atoms with van der Waals surface area (Å²) in [7, 11) is 1.69. The van der Waals surface area contributed by atoms with Gasteiger partial charge in [-0.25, -0.2) is 4.39 Å². The molecule has 2 aromatic carbocycles. The average molecular weight is 273 g/mol. The third-order valence-electron chi connectivity index (χ3n) is 3.27. The normalized spacial score (nSPS) is 10.5. The van der Waals surface area contributed by atoms with Crippen LogP contribution >= 0.6 is 0 Å². The first-order valence-electron chi connectivity index (χ1n) is 6.87. The summed E-state index contributed by atoms with van der Waals surface area (Å²) in [5, 5.41) is 3.27. The van der Waals surface area contributed by atoms with Crippen LogP contribution in [0, 0.1) is 5.82 Å². The molecule has 0 atom stereocenters. The van der Waals surface area contributed by atoms with E-state index in [4.69, 9.17) is 4.74 Å². The number of rotatable bonds is 7. The van der Waals surface area contributed by atoms with E-state index in [0.717, 1.165) is 25.1 Å². The summed E-state index contributed by atoms with van der Waals surface area (Å²) in [6.45, 7) is 1.42. The van der Waals surface area contributed by atoms with Gasteiger partial charge in [0.25, 0.3) is 0 Å². The van der Waals surface area contributed by atoms with Gasteiger partial charge in [-0.15, -0.1) is 0 Å². The van der Waals surface area contributed by atoms with E-state index in [0.29, 0.717) is 12.1 Å². The third kappa shape index (κ3) is 4.07. The Morgan fingerprint density at radius 1 is 1.00 bits per heavy atom. The fraction of sp³-hybridized carbons (Fsp3) is 0.294. The van der Waals surface area contributed by atoms with Gasteiger partial charge in [0.05, 0.1) is 7.11 Å². The molecular formula is C17H20FNO. The van der Waals surface area contributed by atoms with Crippen molar-refractivity contribution in [3.8, 4) is 5.75 Å². The highest BCUT2D eigenvalue weighted by Crippen LogP contribution is 2.18. The average Bonchev–Trinajstić information content (AvgIpc) is 2.49. The Labute approximate surface area is 119 Å². The lowest BCUT2D eigenvalue weighted by atomic mass is 10.1. The van der Waals surface area contributed by atoms with Crippen molar-refractivity contribution in [2.24, 2.45) is 0 Å². The van der Waals surface area contributed by atoms with Gasteiger partial charge in [0.2, 0.25) is 0 Å². The number of benzene rings is 2. The first kappa shape index (κ1) is 14.5. The molecule has 2 nitrogen and oxygen atoms in total. The SMILES string of the molecule is COc1ccccc1CCCNCc1ccccc1F. The van der Waals surface area contributed by atoms with Crippen molar-refractivity contribution in [2.75, 3.05) is 13.7 Å². The van der Waals surface area contributed by atoms with Gasteiger partial charge in [-0.3, -0.25) is 0 Å². The smallest absolute Gasteiger partial charge is 0.127 e. The standard InChI is InChI=1S/C17H20FNO/c1-20-17-11-5-3-7-14(17)9-6-12-19-13-15-8-2-4-10-16(15)18/h2-5,7-8,10-11,19H,6,9,12-13H2,1H3. The quantitative estimate of drug-likeness (QED) is 0.779. The van der Waals surface area contributed by atoms with Gasteiger partial charge in [-0.05, 0) is 37.1 Å². The fourth-order valence-corrected chi connectivity index (χ4v) is 2.18. The first-order chi connectivity index (χ1) is 9.81. The highest BCUT2D eigenvalue weighted by Gasteiger charge is 2.02. The van der Waals surface area contributed by atoms with Gasteiger partial charge in [-0.2, -0.15) is 0 Å². The number of halogens is 1. The Morgan fingerprint density at radius 3 is 2.45 bits per heavy atom. The molecule has 0 heterocycles. The maximum Gasteiger partial charge on any atom is 0.127 e. The topological polar surface area (TPSA) is 21.3 Å². The van der Waals surface area contributed by atoms with E-state index >= 15 is 0 Å². The third-order valence-corrected chi connectivity index (χ3v) is 3.27. The maximum atomic E-state index is 13.4. The second-order valence-electron chi connectivity index (χ2n) is 4.68. The molecule has 1 N–H and O–H groups in total. The van der Waals surface area contributed by atoms with Crippen LogP contribution in [0.5, 0.6) is 5.75 Å². The van der Waals surface area contributed by atoms with E-state index in [2.05, 4.69) is 11.4 Å². The van der Waals surface area contributed by atoms with E-state index in [1.165, 1.54) is 11.6 Å². The second kappa shape index (κ2) is 7.65. The molecule has 2 rings (SSSR count). The zero-order valence-electron chi connectivity index (χ0n) is 11.7. The van der Waals surface area contributed by atoms with Crippen LogP contribution < -0.4 is 10.1 Å². The lowest BCUT2D eigenvalue weighted by Crippen LogP contribution is -2.16. The highest BCUT2D eigenvalue weighted by molar-refractivity contribution is 5.33. The van der Waals surface area contributed by atoms with Crippen LogP contribution in [0.2, 0.25) is 0 Å². The summed E-state index contributed by atoms with van der Waals surface area (Å²) in [5.41, 5.74) is 1.92. The molecule has 0 saturated carbocycles. The zero-order chi connectivity index (χ0) is 14.2. The number of nitrogens with one attached hydrogen (secondary N) is 1. The molecule has 0 saturated heterocycles. The number of hydrogen-bond acceptors (Lipinski definition) is 2. The summed E-state index contributed by atoms with van der Waals surface area (Å²) in [5.74, 6) is 0.784. The summed E-state index contributed by atoms with van der Waals surface area (Å²) >= 11 is 0. The number of aryl methyl sites for hydroxylation is 1. The lowest BCUT2D eigenvalue weighted by Gasteiger charge is -2.09. The van der Waals surface area contributed by atoms with Crippen LogP contribution in [0.25, 0.3) is 0 Å². The van der Waals surface area contributed by atoms with Gasteiger partial charge >= 0.3 is 0 Å². The van der Waals surface area contributed by atoms with Gasteiger partial charge in [0.15, 0.2) is 0 Å². The van der Waals surface area contributed by atoms with E-state index < -0.39 is 0 Å². The van der Waals surface area contributed by atoms with Crippen LogP contribution in [-0.4, -0.2) is 13.7 Å². The van der Waals surface area contributed by atoms with Crippen LogP contribution in [0.15, 0.2) is 48.5 Å². The molecule has 0 aliphatic heterocycles.